The first-order valence-corrected chi connectivity index (χ1v) is 18.1. The number of rotatable bonds is 5. The number of para-hydroxylation sites is 2. The van der Waals surface area contributed by atoms with E-state index >= 15 is 22.0 Å². The summed E-state index contributed by atoms with van der Waals surface area (Å²) in [6, 6.07) is 51.5. The maximum atomic E-state index is 16.5. The number of hydrogen-bond acceptors (Lipinski definition) is 0. The van der Waals surface area contributed by atoms with E-state index in [2.05, 4.69) is 0 Å². The van der Waals surface area contributed by atoms with Crippen LogP contribution in [-0.2, 0) is 6.18 Å². The van der Waals surface area contributed by atoms with Crippen molar-refractivity contribution in [3.05, 3.63) is 193 Å². The van der Waals surface area contributed by atoms with Crippen molar-refractivity contribution < 1.29 is 22.0 Å². The van der Waals surface area contributed by atoms with Crippen LogP contribution in [0.15, 0.2) is 176 Å². The molecule has 0 aliphatic carbocycles. The molecular weight excluding hydrogens is 712 g/mol. The maximum Gasteiger partial charge on any atom is 0.420 e. The van der Waals surface area contributed by atoms with E-state index in [0.717, 1.165) is 62.0 Å². The van der Waals surface area contributed by atoms with E-state index in [4.69, 9.17) is 0 Å². The minimum atomic E-state index is -4.95. The second-order valence-corrected chi connectivity index (χ2v) is 13.9. The molecule has 0 N–H and O–H groups in total. The molecule has 0 fully saturated rings. The molecule has 0 spiro atoms. The first kappa shape index (κ1) is 33.6. The van der Waals surface area contributed by atoms with Gasteiger partial charge in [-0.25, -0.2) is 8.78 Å². The van der Waals surface area contributed by atoms with Gasteiger partial charge in [-0.05, 0) is 70.3 Å². The van der Waals surface area contributed by atoms with E-state index in [9.17, 15) is 0 Å². The van der Waals surface area contributed by atoms with Gasteiger partial charge in [-0.15, -0.1) is 0 Å². The minimum absolute atomic E-state index is 0.0201. The van der Waals surface area contributed by atoms with Gasteiger partial charge in [0.2, 0.25) is 0 Å². The number of aromatic nitrogens is 2. The second-order valence-electron chi connectivity index (χ2n) is 13.9. The molecule has 270 valence electrons. The molecule has 0 aliphatic rings. The molecule has 7 heteroatoms. The number of benzene rings is 8. The van der Waals surface area contributed by atoms with Gasteiger partial charge in [-0.3, -0.25) is 0 Å². The number of hydrogen-bond donors (Lipinski definition) is 0. The lowest BCUT2D eigenvalue weighted by atomic mass is 9.96. The monoisotopic (exact) mass is 740 g/mol. The lowest BCUT2D eigenvalue weighted by Crippen LogP contribution is -2.17. The number of nitrogens with zero attached hydrogens (tertiary/aromatic N) is 2. The van der Waals surface area contributed by atoms with Crippen LogP contribution in [0.25, 0.3) is 88.4 Å². The molecule has 0 atom stereocenters. The van der Waals surface area contributed by atoms with Gasteiger partial charge in [0.1, 0.15) is 17.2 Å². The summed E-state index contributed by atoms with van der Waals surface area (Å²) in [4.78, 5) is 0. The first-order valence-electron chi connectivity index (χ1n) is 18.1. The van der Waals surface area contributed by atoms with Crippen molar-refractivity contribution in [1.29, 1.82) is 0 Å². The summed E-state index contributed by atoms with van der Waals surface area (Å²) in [6.45, 7) is 0. The summed E-state index contributed by atoms with van der Waals surface area (Å²) in [5.74, 6) is -1.79. The Kier molecular flexibility index (Phi) is 7.68. The average Bonchev–Trinajstić information content (AvgIpc) is 3.72. The van der Waals surface area contributed by atoms with Crippen molar-refractivity contribution in [2.45, 2.75) is 6.18 Å². The van der Waals surface area contributed by atoms with Crippen molar-refractivity contribution >= 4 is 43.6 Å². The van der Waals surface area contributed by atoms with Crippen LogP contribution in [0.1, 0.15) is 5.56 Å². The third-order valence-corrected chi connectivity index (χ3v) is 10.6. The smallest absolute Gasteiger partial charge is 0.309 e. The zero-order valence-electron chi connectivity index (χ0n) is 29.5. The predicted octanol–water partition coefficient (Wildman–Crippen LogP) is 14.2. The summed E-state index contributed by atoms with van der Waals surface area (Å²) < 4.78 is 82.7. The summed E-state index contributed by atoms with van der Waals surface area (Å²) in [5.41, 5.74) is 4.38. The molecule has 0 bridgehead atoms. The Labute approximate surface area is 317 Å². The Morgan fingerprint density at radius 3 is 1.36 bits per heavy atom. The van der Waals surface area contributed by atoms with Crippen LogP contribution in [-0.4, -0.2) is 9.13 Å². The molecular formula is C49H29F5N2. The Morgan fingerprint density at radius 2 is 0.821 bits per heavy atom. The maximum absolute atomic E-state index is 16.5. The van der Waals surface area contributed by atoms with Gasteiger partial charge < -0.3 is 9.13 Å². The SMILES string of the molecule is Fc1cc(F)cc(-c2ccc(-n3c4ccccc4c4ccc(-c5ccccc5)cc43)c(C(F)(F)F)c2-n2c3ccccc3c3ccc(-c4ccccc4)cc32)c1. The fourth-order valence-corrected chi connectivity index (χ4v) is 8.28. The van der Waals surface area contributed by atoms with Gasteiger partial charge in [0.05, 0.1) is 33.4 Å². The molecule has 2 aromatic heterocycles. The average molecular weight is 741 g/mol. The lowest BCUT2D eigenvalue weighted by molar-refractivity contribution is -0.137. The fourth-order valence-electron chi connectivity index (χ4n) is 8.28. The zero-order chi connectivity index (χ0) is 38.1. The van der Waals surface area contributed by atoms with Crippen molar-refractivity contribution in [2.75, 3.05) is 0 Å². The first-order chi connectivity index (χ1) is 27.2. The highest BCUT2D eigenvalue weighted by atomic mass is 19.4. The summed E-state index contributed by atoms with van der Waals surface area (Å²) in [5, 5.41) is 3.05. The molecule has 8 aromatic carbocycles. The van der Waals surface area contributed by atoms with Crippen LogP contribution in [0.3, 0.4) is 0 Å². The Morgan fingerprint density at radius 1 is 0.357 bits per heavy atom. The van der Waals surface area contributed by atoms with Crippen LogP contribution in [0.4, 0.5) is 22.0 Å². The molecule has 0 radical (unpaired) electrons. The van der Waals surface area contributed by atoms with Gasteiger partial charge in [0.25, 0.3) is 0 Å². The molecule has 0 saturated heterocycles. The molecule has 56 heavy (non-hydrogen) atoms. The normalized spacial score (nSPS) is 12.0. The molecule has 0 aliphatic heterocycles. The molecule has 0 amide bonds. The van der Waals surface area contributed by atoms with Gasteiger partial charge in [0, 0.05) is 33.2 Å². The molecule has 0 unspecified atom stereocenters. The van der Waals surface area contributed by atoms with Gasteiger partial charge in [0.15, 0.2) is 0 Å². The third-order valence-electron chi connectivity index (χ3n) is 10.6. The van der Waals surface area contributed by atoms with E-state index in [0.29, 0.717) is 22.1 Å². The lowest BCUT2D eigenvalue weighted by Gasteiger charge is -2.24. The van der Waals surface area contributed by atoms with E-state index < -0.39 is 23.4 Å². The van der Waals surface area contributed by atoms with Crippen molar-refractivity contribution in [1.82, 2.24) is 9.13 Å². The number of alkyl halides is 3. The number of fused-ring (bicyclic) bond motifs is 6. The largest absolute Gasteiger partial charge is 0.420 e. The molecule has 2 nitrogen and oxygen atoms in total. The predicted molar refractivity (Wildman–Crippen MR) is 216 cm³/mol. The van der Waals surface area contributed by atoms with Gasteiger partial charge in [-0.1, -0.05) is 127 Å². The van der Waals surface area contributed by atoms with Crippen LogP contribution >= 0.6 is 0 Å². The fraction of sp³-hybridized carbons (Fsp3) is 0.0204. The van der Waals surface area contributed by atoms with E-state index in [1.165, 1.54) is 6.07 Å². The van der Waals surface area contributed by atoms with Crippen LogP contribution in [0, 0.1) is 11.6 Å². The number of halogens is 5. The minimum Gasteiger partial charge on any atom is -0.309 e. The van der Waals surface area contributed by atoms with Crippen LogP contribution in [0.2, 0.25) is 0 Å². The zero-order valence-corrected chi connectivity index (χ0v) is 29.5. The third kappa shape index (κ3) is 5.38. The highest BCUT2D eigenvalue weighted by molar-refractivity contribution is 6.12. The highest BCUT2D eigenvalue weighted by Crippen LogP contribution is 2.48. The van der Waals surface area contributed by atoms with Crippen molar-refractivity contribution in [2.24, 2.45) is 0 Å². The van der Waals surface area contributed by atoms with E-state index in [-0.39, 0.29) is 22.5 Å². The molecule has 10 aromatic rings. The second kappa shape index (κ2) is 12.8. The topological polar surface area (TPSA) is 9.86 Å². The molecule has 0 saturated carbocycles. The highest BCUT2D eigenvalue weighted by Gasteiger charge is 2.40. The molecule has 10 rings (SSSR count). The van der Waals surface area contributed by atoms with E-state index in [1.807, 2.05) is 133 Å². The Bertz CT molecular complexity index is 3120. The Balaban J connectivity index is 1.39. The van der Waals surface area contributed by atoms with Gasteiger partial charge >= 0.3 is 6.18 Å². The summed E-state index contributed by atoms with van der Waals surface area (Å²) in [6.07, 6.45) is -4.95. The standard InChI is InChI=1S/C49H29F5N2/c50-35-25-34(26-36(51)29-35)37-23-24-44(55-42-17-9-7-15-38(42)40-21-19-32(27-45(40)55)30-11-3-1-4-12-30)47(49(52,53)54)48(37)56-43-18-10-8-16-39(43)41-22-20-33(28-46(41)56)31-13-5-2-6-14-31/h1-29H. The van der Waals surface area contributed by atoms with Crippen LogP contribution < -0.4 is 0 Å². The Hall–Kier alpha value is -6.99. The van der Waals surface area contributed by atoms with Crippen molar-refractivity contribution in [3.8, 4) is 44.8 Å². The van der Waals surface area contributed by atoms with E-state index in [1.54, 1.807) is 27.3 Å². The summed E-state index contributed by atoms with van der Waals surface area (Å²) in [7, 11) is 0. The molecule has 2 heterocycles. The van der Waals surface area contributed by atoms with Crippen molar-refractivity contribution in [3.63, 3.8) is 0 Å². The quantitative estimate of drug-likeness (QED) is 0.156. The van der Waals surface area contributed by atoms with Gasteiger partial charge in [-0.2, -0.15) is 13.2 Å². The van der Waals surface area contributed by atoms with Crippen LogP contribution in [0.5, 0.6) is 0 Å². The summed E-state index contributed by atoms with van der Waals surface area (Å²) >= 11 is 0.